The maximum absolute atomic E-state index is 4.38. The van der Waals surface area contributed by atoms with Gasteiger partial charge < -0.3 is 0 Å². The Hall–Kier alpha value is -1.08. The molecule has 2 aromatic rings. The minimum absolute atomic E-state index is 0.381. The van der Waals surface area contributed by atoms with E-state index < -0.39 is 0 Å². The molecule has 3 heterocycles. The van der Waals surface area contributed by atoms with Gasteiger partial charge in [-0.2, -0.15) is 0 Å². The zero-order valence-electron chi connectivity index (χ0n) is 9.68. The first kappa shape index (κ1) is 11.0. The molecule has 1 N–H and O–H groups in total. The van der Waals surface area contributed by atoms with Crippen LogP contribution in [0.5, 0.6) is 0 Å². The van der Waals surface area contributed by atoms with Crippen LogP contribution in [0.4, 0.5) is 5.69 Å². The third kappa shape index (κ3) is 1.83. The Morgan fingerprint density at radius 2 is 2.29 bits per heavy atom. The summed E-state index contributed by atoms with van der Waals surface area (Å²) in [6.45, 7) is 4.25. The minimum Gasteiger partial charge on any atom is -0.295 e. The average molecular weight is 340 g/mol. The van der Waals surface area contributed by atoms with Gasteiger partial charge in [-0.15, -0.1) is 0 Å². The van der Waals surface area contributed by atoms with Crippen molar-refractivity contribution < 1.29 is 0 Å². The van der Waals surface area contributed by atoms with E-state index in [1.807, 2.05) is 6.20 Å². The molecule has 0 fully saturated rings. The molecule has 1 aliphatic heterocycles. The number of hydrazine groups is 1. The summed E-state index contributed by atoms with van der Waals surface area (Å²) in [6, 6.07) is 4.56. The second-order valence-corrected chi connectivity index (χ2v) is 5.36. The quantitative estimate of drug-likeness (QED) is 0.810. The molecule has 0 radical (unpaired) electrons. The first-order valence-corrected chi connectivity index (χ1v) is 6.60. The molecular weight excluding hydrogens is 327 g/mol. The van der Waals surface area contributed by atoms with Crippen LogP contribution in [0.2, 0.25) is 0 Å². The Kier molecular flexibility index (Phi) is 2.59. The number of pyridine rings is 1. The molecule has 88 valence electrons. The third-order valence-electron chi connectivity index (χ3n) is 2.89. The predicted octanol–water partition coefficient (Wildman–Crippen LogP) is 2.56. The summed E-state index contributed by atoms with van der Waals surface area (Å²) >= 11 is 2.28. The molecule has 3 rings (SSSR count). The van der Waals surface area contributed by atoms with Crippen molar-refractivity contribution in [3.8, 4) is 0 Å². The largest absolute Gasteiger partial charge is 0.295 e. The molecule has 5 heteroatoms. The van der Waals surface area contributed by atoms with Crippen molar-refractivity contribution in [2.45, 2.75) is 19.9 Å². The average Bonchev–Trinajstić information content (AvgIpc) is 2.82. The van der Waals surface area contributed by atoms with Gasteiger partial charge in [-0.3, -0.25) is 9.41 Å². The van der Waals surface area contributed by atoms with Crippen molar-refractivity contribution in [1.82, 2.24) is 14.8 Å². The number of halogens is 1. The summed E-state index contributed by atoms with van der Waals surface area (Å²) in [5.41, 5.74) is 6.71. The van der Waals surface area contributed by atoms with Crippen molar-refractivity contribution >= 4 is 33.9 Å². The Balaban J connectivity index is 2.04. The van der Waals surface area contributed by atoms with Crippen LogP contribution in [0.25, 0.3) is 5.65 Å². The van der Waals surface area contributed by atoms with Crippen molar-refractivity contribution in [3.63, 3.8) is 0 Å². The summed E-state index contributed by atoms with van der Waals surface area (Å²) in [5.74, 6) is 0. The third-order valence-corrected chi connectivity index (χ3v) is 3.68. The first-order chi connectivity index (χ1) is 8.15. The predicted molar refractivity (Wildman–Crippen MR) is 76.7 cm³/mol. The van der Waals surface area contributed by atoms with Gasteiger partial charge >= 0.3 is 0 Å². The lowest BCUT2D eigenvalue weighted by Crippen LogP contribution is -2.35. The molecule has 2 aromatic heterocycles. The highest BCUT2D eigenvalue weighted by Crippen LogP contribution is 2.23. The molecule has 0 saturated heterocycles. The van der Waals surface area contributed by atoms with Crippen molar-refractivity contribution in [1.29, 1.82) is 0 Å². The fourth-order valence-corrected chi connectivity index (χ4v) is 2.68. The van der Waals surface area contributed by atoms with Gasteiger partial charge in [0.1, 0.15) is 9.35 Å². The highest BCUT2D eigenvalue weighted by Gasteiger charge is 2.18. The van der Waals surface area contributed by atoms with Crippen LogP contribution in [-0.4, -0.2) is 15.4 Å². The van der Waals surface area contributed by atoms with Crippen molar-refractivity contribution in [2.24, 2.45) is 0 Å². The van der Waals surface area contributed by atoms with Gasteiger partial charge in [0.05, 0.1) is 11.9 Å². The van der Waals surface area contributed by atoms with Crippen LogP contribution >= 0.6 is 22.6 Å². The number of rotatable bonds is 1. The number of hydrogen-bond donors (Lipinski definition) is 1. The summed E-state index contributed by atoms with van der Waals surface area (Å²) in [4.78, 5) is 4.38. The lowest BCUT2D eigenvalue weighted by molar-refractivity contribution is 0.674. The van der Waals surface area contributed by atoms with E-state index in [4.69, 9.17) is 0 Å². The molecule has 17 heavy (non-hydrogen) atoms. The Labute approximate surface area is 113 Å². The summed E-state index contributed by atoms with van der Waals surface area (Å²) in [7, 11) is 0. The molecule has 1 unspecified atom stereocenters. The highest BCUT2D eigenvalue weighted by atomic mass is 127. The molecule has 1 atom stereocenters. The zero-order chi connectivity index (χ0) is 12.0. The van der Waals surface area contributed by atoms with Gasteiger partial charge in [0.15, 0.2) is 0 Å². The standard InChI is InChI=1S/C12H13IN4/c1-8-5-9(2)17(15-8)10-3-4-16-11(13)7-14-12(16)6-10/h3-8,15H,1-2H3. The van der Waals surface area contributed by atoms with E-state index >= 15 is 0 Å². The van der Waals surface area contributed by atoms with Gasteiger partial charge in [0.25, 0.3) is 0 Å². The maximum atomic E-state index is 4.38. The van der Waals surface area contributed by atoms with E-state index in [1.165, 1.54) is 5.70 Å². The second-order valence-electron chi connectivity index (χ2n) is 4.26. The van der Waals surface area contributed by atoms with Crippen LogP contribution in [0.15, 0.2) is 36.3 Å². The van der Waals surface area contributed by atoms with Crippen molar-refractivity contribution in [3.05, 3.63) is 40.0 Å². The van der Waals surface area contributed by atoms with Gasteiger partial charge in [-0.1, -0.05) is 0 Å². The smallest absolute Gasteiger partial charge is 0.139 e. The van der Waals surface area contributed by atoms with Crippen LogP contribution in [0.3, 0.4) is 0 Å². The number of allylic oxidation sites excluding steroid dienone is 1. The van der Waals surface area contributed by atoms with E-state index in [0.29, 0.717) is 6.04 Å². The Bertz CT molecular complexity index is 602. The fourth-order valence-electron chi connectivity index (χ4n) is 2.14. The second kappa shape index (κ2) is 3.99. The number of fused-ring (bicyclic) bond motifs is 1. The van der Waals surface area contributed by atoms with Crippen LogP contribution in [0, 0.1) is 3.70 Å². The molecule has 0 bridgehead atoms. The Morgan fingerprint density at radius 3 is 3.00 bits per heavy atom. The SMILES string of the molecule is CC1=CC(C)NN1c1ccn2c(I)cnc2c1. The van der Waals surface area contributed by atoms with Gasteiger partial charge in [-0.05, 0) is 48.6 Å². The highest BCUT2D eigenvalue weighted by molar-refractivity contribution is 14.1. The molecular formula is C12H13IN4. The van der Waals surface area contributed by atoms with Crippen molar-refractivity contribution in [2.75, 3.05) is 5.01 Å². The minimum atomic E-state index is 0.381. The number of nitrogens with one attached hydrogen (secondary N) is 1. The van der Waals surface area contributed by atoms with Gasteiger partial charge in [0, 0.05) is 24.0 Å². The van der Waals surface area contributed by atoms with E-state index in [9.17, 15) is 0 Å². The molecule has 4 nitrogen and oxygen atoms in total. The number of imidazole rings is 1. The zero-order valence-corrected chi connectivity index (χ0v) is 11.8. The van der Waals surface area contributed by atoms with E-state index in [1.54, 1.807) is 0 Å². The molecule has 0 spiro atoms. The van der Waals surface area contributed by atoms with Gasteiger partial charge in [-0.25, -0.2) is 10.4 Å². The summed E-state index contributed by atoms with van der Waals surface area (Å²) in [5, 5.41) is 2.10. The molecule has 0 aliphatic carbocycles. The lowest BCUT2D eigenvalue weighted by atomic mass is 10.3. The maximum Gasteiger partial charge on any atom is 0.139 e. The van der Waals surface area contributed by atoms with E-state index in [2.05, 4.69) is 80.7 Å². The van der Waals surface area contributed by atoms with Crippen LogP contribution in [0.1, 0.15) is 13.8 Å². The normalized spacial score (nSPS) is 20.1. The van der Waals surface area contributed by atoms with Crippen LogP contribution in [-0.2, 0) is 0 Å². The van der Waals surface area contributed by atoms with Gasteiger partial charge in [0.2, 0.25) is 0 Å². The number of nitrogens with zero attached hydrogens (tertiary/aromatic N) is 3. The number of hydrogen-bond acceptors (Lipinski definition) is 3. The summed E-state index contributed by atoms with van der Waals surface area (Å²) in [6.07, 6.45) is 6.14. The van der Waals surface area contributed by atoms with E-state index in [0.717, 1.165) is 15.0 Å². The molecule has 0 saturated carbocycles. The molecule has 0 aromatic carbocycles. The van der Waals surface area contributed by atoms with E-state index in [-0.39, 0.29) is 0 Å². The molecule has 1 aliphatic rings. The molecule has 0 amide bonds. The number of anilines is 1. The summed E-state index contributed by atoms with van der Waals surface area (Å²) < 4.78 is 3.20. The number of aromatic nitrogens is 2. The van der Waals surface area contributed by atoms with Crippen LogP contribution < -0.4 is 10.4 Å². The lowest BCUT2D eigenvalue weighted by Gasteiger charge is -2.21. The Morgan fingerprint density at radius 1 is 1.47 bits per heavy atom. The fraction of sp³-hybridized carbons (Fsp3) is 0.250. The monoisotopic (exact) mass is 340 g/mol. The first-order valence-electron chi connectivity index (χ1n) is 5.52. The topological polar surface area (TPSA) is 32.6 Å².